The van der Waals surface area contributed by atoms with E-state index < -0.39 is 0 Å². The van der Waals surface area contributed by atoms with Crippen molar-refractivity contribution in [2.75, 3.05) is 0 Å². The lowest BCUT2D eigenvalue weighted by molar-refractivity contribution is -0.154. The standard InChI is InChI=1S/C12H12O2/c13-10-9-11-4-1-2-5-12(9,11)7-8(14-10)3-6-11/h1-3,6,8-9H,4-5,7H2. The average Bonchev–Trinajstić information content (AvgIpc) is 2.83. The molecule has 0 N–H and O–H groups in total. The number of carbonyl (C=O) groups excluding carboxylic acids is 1. The average molecular weight is 188 g/mol. The van der Waals surface area contributed by atoms with Crippen LogP contribution in [0, 0.1) is 16.7 Å². The number of esters is 1. The van der Waals surface area contributed by atoms with Crippen LogP contribution in [0.15, 0.2) is 24.3 Å². The van der Waals surface area contributed by atoms with Crippen LogP contribution in [0.25, 0.3) is 0 Å². The predicted molar refractivity (Wildman–Crippen MR) is 50.4 cm³/mol. The largest absolute Gasteiger partial charge is 0.458 e. The van der Waals surface area contributed by atoms with Crippen LogP contribution in [0.2, 0.25) is 0 Å². The minimum Gasteiger partial charge on any atom is -0.458 e. The van der Waals surface area contributed by atoms with Gasteiger partial charge in [-0.05, 0) is 25.3 Å². The van der Waals surface area contributed by atoms with Crippen LogP contribution in [-0.2, 0) is 9.53 Å². The smallest absolute Gasteiger partial charge is 0.311 e. The highest BCUT2D eigenvalue weighted by Crippen LogP contribution is 2.80. The van der Waals surface area contributed by atoms with Gasteiger partial charge in [-0.2, -0.15) is 0 Å². The molecule has 0 radical (unpaired) electrons. The number of ether oxygens (including phenoxy) is 1. The van der Waals surface area contributed by atoms with Crippen molar-refractivity contribution in [3.63, 3.8) is 0 Å². The van der Waals surface area contributed by atoms with E-state index in [-0.39, 0.29) is 28.8 Å². The molecule has 2 bridgehead atoms. The third-order valence-corrected chi connectivity index (χ3v) is 4.69. The van der Waals surface area contributed by atoms with E-state index in [1.165, 1.54) is 0 Å². The SMILES string of the molecule is O=C1OC2C=CC34CC=CCC3(C2)C14. The molecule has 72 valence electrons. The Balaban J connectivity index is 1.94. The van der Waals surface area contributed by atoms with Gasteiger partial charge in [-0.15, -0.1) is 0 Å². The summed E-state index contributed by atoms with van der Waals surface area (Å²) >= 11 is 0. The minimum atomic E-state index is 0.0509. The first kappa shape index (κ1) is 7.27. The molecule has 2 nitrogen and oxygen atoms in total. The van der Waals surface area contributed by atoms with E-state index >= 15 is 0 Å². The first-order valence-corrected chi connectivity index (χ1v) is 5.33. The highest BCUT2D eigenvalue weighted by Gasteiger charge is 2.81. The van der Waals surface area contributed by atoms with Crippen LogP contribution in [0.5, 0.6) is 0 Å². The molecule has 14 heavy (non-hydrogen) atoms. The van der Waals surface area contributed by atoms with Crippen molar-refractivity contribution in [2.24, 2.45) is 16.7 Å². The highest BCUT2D eigenvalue weighted by atomic mass is 16.5. The van der Waals surface area contributed by atoms with Crippen molar-refractivity contribution in [3.8, 4) is 0 Å². The molecule has 0 aromatic carbocycles. The van der Waals surface area contributed by atoms with Gasteiger partial charge >= 0.3 is 5.97 Å². The van der Waals surface area contributed by atoms with E-state index in [9.17, 15) is 4.79 Å². The van der Waals surface area contributed by atoms with Crippen molar-refractivity contribution < 1.29 is 9.53 Å². The zero-order valence-corrected chi connectivity index (χ0v) is 7.90. The third-order valence-electron chi connectivity index (χ3n) is 4.69. The summed E-state index contributed by atoms with van der Waals surface area (Å²) in [6, 6.07) is 0. The second-order valence-electron chi connectivity index (χ2n) is 5.05. The summed E-state index contributed by atoms with van der Waals surface area (Å²) in [6.45, 7) is 0. The molecule has 1 spiro atoms. The highest BCUT2D eigenvalue weighted by molar-refractivity contribution is 5.83. The molecule has 1 saturated heterocycles. The van der Waals surface area contributed by atoms with Crippen molar-refractivity contribution in [1.82, 2.24) is 0 Å². The van der Waals surface area contributed by atoms with Gasteiger partial charge < -0.3 is 4.74 Å². The summed E-state index contributed by atoms with van der Waals surface area (Å²) in [5.41, 5.74) is 0.419. The molecule has 2 fully saturated rings. The molecule has 4 atom stereocenters. The Bertz CT molecular complexity index is 395. The quantitative estimate of drug-likeness (QED) is 0.428. The molecule has 3 aliphatic carbocycles. The normalized spacial score (nSPS) is 56.4. The van der Waals surface area contributed by atoms with Gasteiger partial charge in [-0.25, -0.2) is 0 Å². The van der Waals surface area contributed by atoms with E-state index in [0.29, 0.717) is 0 Å². The summed E-state index contributed by atoms with van der Waals surface area (Å²) < 4.78 is 5.36. The van der Waals surface area contributed by atoms with Crippen molar-refractivity contribution in [1.29, 1.82) is 0 Å². The van der Waals surface area contributed by atoms with Crippen molar-refractivity contribution in [3.05, 3.63) is 24.3 Å². The third kappa shape index (κ3) is 0.513. The summed E-state index contributed by atoms with van der Waals surface area (Å²) in [7, 11) is 0. The summed E-state index contributed by atoms with van der Waals surface area (Å²) in [5, 5.41) is 0. The Hall–Kier alpha value is -1.05. The molecule has 4 rings (SSSR count). The van der Waals surface area contributed by atoms with E-state index in [4.69, 9.17) is 4.74 Å². The van der Waals surface area contributed by atoms with Gasteiger partial charge in [0.05, 0.1) is 5.92 Å². The fourth-order valence-electron chi connectivity index (χ4n) is 4.06. The van der Waals surface area contributed by atoms with Crippen LogP contribution in [0.4, 0.5) is 0 Å². The monoisotopic (exact) mass is 188 g/mol. The van der Waals surface area contributed by atoms with Crippen molar-refractivity contribution >= 4 is 5.97 Å². The van der Waals surface area contributed by atoms with Crippen LogP contribution >= 0.6 is 0 Å². The van der Waals surface area contributed by atoms with Gasteiger partial charge in [0, 0.05) is 10.8 Å². The van der Waals surface area contributed by atoms with Crippen molar-refractivity contribution in [2.45, 2.75) is 25.4 Å². The second kappa shape index (κ2) is 1.83. The fourth-order valence-corrected chi connectivity index (χ4v) is 4.06. The van der Waals surface area contributed by atoms with Gasteiger partial charge in [-0.3, -0.25) is 4.79 Å². The number of hydrogen-bond acceptors (Lipinski definition) is 2. The molecular weight excluding hydrogens is 176 g/mol. The van der Waals surface area contributed by atoms with Gasteiger partial charge in [0.1, 0.15) is 6.10 Å². The number of rotatable bonds is 0. The molecule has 2 heteroatoms. The lowest BCUT2D eigenvalue weighted by Gasteiger charge is -2.32. The van der Waals surface area contributed by atoms with E-state index in [1.807, 2.05) is 0 Å². The molecule has 4 aliphatic rings. The molecule has 4 unspecified atom stereocenters. The van der Waals surface area contributed by atoms with E-state index in [1.54, 1.807) is 0 Å². The maximum Gasteiger partial charge on any atom is 0.311 e. The molecule has 1 saturated carbocycles. The Morgan fingerprint density at radius 2 is 2.21 bits per heavy atom. The topological polar surface area (TPSA) is 26.3 Å². The van der Waals surface area contributed by atoms with Gasteiger partial charge in [0.2, 0.25) is 0 Å². The second-order valence-corrected chi connectivity index (χ2v) is 5.05. The van der Waals surface area contributed by atoms with E-state index in [2.05, 4.69) is 24.3 Å². The first-order valence-electron chi connectivity index (χ1n) is 5.33. The van der Waals surface area contributed by atoms with Crippen LogP contribution in [0.3, 0.4) is 0 Å². The zero-order valence-electron chi connectivity index (χ0n) is 7.90. The van der Waals surface area contributed by atoms with Crippen LogP contribution in [-0.4, -0.2) is 12.1 Å². The number of carbonyl (C=O) groups is 1. The maximum atomic E-state index is 11.8. The number of fused-ring (bicyclic) bond motifs is 1. The maximum absolute atomic E-state index is 11.8. The lowest BCUT2D eigenvalue weighted by Crippen LogP contribution is -2.31. The molecule has 1 heterocycles. The van der Waals surface area contributed by atoms with Gasteiger partial charge in [-0.1, -0.05) is 18.2 Å². The first-order chi connectivity index (χ1) is 6.79. The predicted octanol–water partition coefficient (Wildman–Crippen LogP) is 1.82. The summed E-state index contributed by atoms with van der Waals surface area (Å²) in [5.74, 6) is 0.218. The lowest BCUT2D eigenvalue weighted by atomic mass is 9.76. The van der Waals surface area contributed by atoms with Gasteiger partial charge in [0.25, 0.3) is 0 Å². The molecule has 0 aromatic rings. The Morgan fingerprint density at radius 3 is 3.14 bits per heavy atom. The molecule has 1 aliphatic heterocycles. The van der Waals surface area contributed by atoms with Crippen LogP contribution < -0.4 is 0 Å². The summed E-state index contributed by atoms with van der Waals surface area (Å²) in [6.07, 6.45) is 12.1. The number of hydrogen-bond donors (Lipinski definition) is 0. The molecule has 0 aromatic heterocycles. The van der Waals surface area contributed by atoms with Gasteiger partial charge in [0.15, 0.2) is 0 Å². The Morgan fingerprint density at radius 1 is 1.36 bits per heavy atom. The molecule has 0 amide bonds. The minimum absolute atomic E-state index is 0.0509. The Labute approximate surface area is 82.6 Å². The summed E-state index contributed by atoms with van der Waals surface area (Å²) in [4.78, 5) is 11.8. The molecular formula is C12H12O2. The fraction of sp³-hybridized carbons (Fsp3) is 0.583. The van der Waals surface area contributed by atoms with Crippen LogP contribution in [0.1, 0.15) is 19.3 Å². The van der Waals surface area contributed by atoms with E-state index in [0.717, 1.165) is 19.3 Å². The number of allylic oxidation sites excluding steroid dienone is 3. The Kier molecular flexibility index (Phi) is 0.952. The zero-order chi connectivity index (χ0) is 9.39.